The van der Waals surface area contributed by atoms with Crippen LogP contribution in [0.4, 0.5) is 0 Å². The highest BCUT2D eigenvalue weighted by Crippen LogP contribution is 2.33. The van der Waals surface area contributed by atoms with Gasteiger partial charge in [0.05, 0.1) is 5.02 Å². The molecule has 0 heterocycles. The number of aryl methyl sites for hydroxylation is 1. The average molecular weight is 418 g/mol. The Morgan fingerprint density at radius 3 is 2.61 bits per heavy atom. The molecule has 2 rings (SSSR count). The van der Waals surface area contributed by atoms with Crippen LogP contribution in [0.5, 0.6) is 11.5 Å². The molecule has 0 atom stereocenters. The third-order valence-electron chi connectivity index (χ3n) is 3.17. The summed E-state index contributed by atoms with van der Waals surface area (Å²) in [5, 5.41) is 1.06. The van der Waals surface area contributed by atoms with Gasteiger partial charge >= 0.3 is 5.97 Å². The largest absolute Gasteiger partial charge is 0.487 e. The van der Waals surface area contributed by atoms with Crippen LogP contribution < -0.4 is 9.47 Å². The van der Waals surface area contributed by atoms with E-state index in [2.05, 4.69) is 15.9 Å². The van der Waals surface area contributed by atoms with Crippen molar-refractivity contribution in [2.24, 2.45) is 0 Å². The highest BCUT2D eigenvalue weighted by Gasteiger charge is 2.13. The van der Waals surface area contributed by atoms with Gasteiger partial charge in [0.15, 0.2) is 0 Å². The minimum atomic E-state index is -0.305. The second-order valence-electron chi connectivity index (χ2n) is 4.86. The fourth-order valence-corrected chi connectivity index (χ4v) is 2.75. The van der Waals surface area contributed by atoms with Gasteiger partial charge in [0.25, 0.3) is 0 Å². The Balaban J connectivity index is 2.23. The van der Waals surface area contributed by atoms with Crippen molar-refractivity contribution in [2.75, 3.05) is 0 Å². The molecule has 0 fully saturated rings. The predicted octanol–water partition coefficient (Wildman–Crippen LogP) is 5.96. The van der Waals surface area contributed by atoms with Crippen LogP contribution in [0.3, 0.4) is 0 Å². The van der Waals surface area contributed by atoms with Crippen molar-refractivity contribution in [1.29, 1.82) is 0 Å². The molecule has 0 N–H and O–H groups in total. The minimum Gasteiger partial charge on any atom is -0.487 e. The Hall–Kier alpha value is -1.23. The summed E-state index contributed by atoms with van der Waals surface area (Å²) in [7, 11) is 0. The van der Waals surface area contributed by atoms with Crippen LogP contribution in [0.25, 0.3) is 0 Å². The van der Waals surface area contributed by atoms with Gasteiger partial charge in [-0.25, -0.2) is 0 Å². The maximum atomic E-state index is 11.5. The lowest BCUT2D eigenvalue weighted by molar-refractivity contribution is -0.134. The highest BCUT2D eigenvalue weighted by atomic mass is 79.9. The highest BCUT2D eigenvalue weighted by molar-refractivity contribution is 9.10. The first-order valence-electron chi connectivity index (χ1n) is 6.99. The number of carbonyl (C=O) groups excluding carboxylic acids is 1. The second kappa shape index (κ2) is 8.04. The first kappa shape index (κ1) is 18.1. The predicted molar refractivity (Wildman–Crippen MR) is 95.6 cm³/mol. The van der Waals surface area contributed by atoms with Gasteiger partial charge in [-0.3, -0.25) is 4.79 Å². The normalized spacial score (nSPS) is 10.5. The Kier molecular flexibility index (Phi) is 6.33. The third kappa shape index (κ3) is 4.63. The number of benzene rings is 2. The summed E-state index contributed by atoms with van der Waals surface area (Å²) in [6, 6.07) is 8.79. The fraction of sp³-hybridized carbons (Fsp3) is 0.235. The molecular weight excluding hydrogens is 403 g/mol. The monoisotopic (exact) mass is 416 g/mol. The lowest BCUT2D eigenvalue weighted by Gasteiger charge is -2.14. The molecule has 23 heavy (non-hydrogen) atoms. The molecule has 2 aromatic rings. The zero-order chi connectivity index (χ0) is 17.0. The summed E-state index contributed by atoms with van der Waals surface area (Å²) in [6.07, 6.45) is 0.298. The number of ether oxygens (including phenoxy) is 2. The van der Waals surface area contributed by atoms with E-state index in [0.29, 0.717) is 28.0 Å². The summed E-state index contributed by atoms with van der Waals surface area (Å²) >= 11 is 15.7. The molecule has 0 aliphatic carbocycles. The van der Waals surface area contributed by atoms with E-state index in [1.165, 1.54) is 0 Å². The van der Waals surface area contributed by atoms with E-state index in [1.54, 1.807) is 31.2 Å². The molecule has 0 aliphatic rings. The smallest absolute Gasteiger partial charge is 0.310 e. The van der Waals surface area contributed by atoms with E-state index in [-0.39, 0.29) is 12.6 Å². The zero-order valence-electron chi connectivity index (χ0n) is 12.7. The van der Waals surface area contributed by atoms with E-state index < -0.39 is 0 Å². The summed E-state index contributed by atoms with van der Waals surface area (Å²) in [5.74, 6) is 0.632. The molecule has 3 nitrogen and oxygen atoms in total. The van der Waals surface area contributed by atoms with Crippen molar-refractivity contribution in [1.82, 2.24) is 0 Å². The standard InChI is InChI=1S/C17H15BrCl2O3/c1-3-17(21)23-15-6-4-5-12(18)11(15)9-22-16-8-13(19)10(2)7-14(16)20/h4-8H,3,9H2,1-2H3. The molecule has 122 valence electrons. The Morgan fingerprint density at radius 1 is 1.17 bits per heavy atom. The molecule has 0 bridgehead atoms. The molecule has 0 radical (unpaired) electrons. The number of esters is 1. The lowest BCUT2D eigenvalue weighted by atomic mass is 10.2. The first-order chi connectivity index (χ1) is 10.9. The van der Waals surface area contributed by atoms with E-state index in [9.17, 15) is 4.79 Å². The maximum absolute atomic E-state index is 11.5. The van der Waals surface area contributed by atoms with E-state index >= 15 is 0 Å². The minimum absolute atomic E-state index is 0.187. The van der Waals surface area contributed by atoms with Gasteiger partial charge in [0, 0.05) is 27.5 Å². The Bertz CT molecular complexity index is 732. The van der Waals surface area contributed by atoms with Gasteiger partial charge in [-0.2, -0.15) is 0 Å². The van der Waals surface area contributed by atoms with Crippen LogP contribution >= 0.6 is 39.1 Å². The number of halogens is 3. The number of hydrogen-bond donors (Lipinski definition) is 0. The molecule has 0 amide bonds. The Morgan fingerprint density at radius 2 is 1.91 bits per heavy atom. The number of rotatable bonds is 5. The van der Waals surface area contributed by atoms with Gasteiger partial charge in [0.1, 0.15) is 18.1 Å². The van der Waals surface area contributed by atoms with Gasteiger partial charge in [-0.1, -0.05) is 52.1 Å². The van der Waals surface area contributed by atoms with E-state index in [1.807, 2.05) is 13.0 Å². The van der Waals surface area contributed by atoms with Gasteiger partial charge in [-0.05, 0) is 30.7 Å². The summed E-state index contributed by atoms with van der Waals surface area (Å²) in [6.45, 7) is 3.80. The molecular formula is C17H15BrCl2O3. The third-order valence-corrected chi connectivity index (χ3v) is 4.62. The molecule has 2 aromatic carbocycles. The maximum Gasteiger partial charge on any atom is 0.310 e. The van der Waals surface area contributed by atoms with Crippen LogP contribution in [0.2, 0.25) is 10.0 Å². The van der Waals surface area contributed by atoms with Gasteiger partial charge in [0.2, 0.25) is 0 Å². The molecule has 0 spiro atoms. The van der Waals surface area contributed by atoms with E-state index in [4.69, 9.17) is 32.7 Å². The fourth-order valence-electron chi connectivity index (χ4n) is 1.86. The van der Waals surface area contributed by atoms with Crippen LogP contribution in [0.15, 0.2) is 34.8 Å². The van der Waals surface area contributed by atoms with Crippen LogP contribution in [-0.2, 0) is 11.4 Å². The Labute approximate surface area is 153 Å². The summed E-state index contributed by atoms with van der Waals surface area (Å²) in [4.78, 5) is 11.5. The molecule has 6 heteroatoms. The van der Waals surface area contributed by atoms with Crippen molar-refractivity contribution in [2.45, 2.75) is 26.9 Å². The van der Waals surface area contributed by atoms with Crippen LogP contribution in [-0.4, -0.2) is 5.97 Å². The number of carbonyl (C=O) groups is 1. The van der Waals surface area contributed by atoms with Crippen molar-refractivity contribution >= 4 is 45.1 Å². The van der Waals surface area contributed by atoms with Crippen molar-refractivity contribution in [3.05, 3.63) is 56.0 Å². The van der Waals surface area contributed by atoms with Crippen molar-refractivity contribution in [3.8, 4) is 11.5 Å². The van der Waals surface area contributed by atoms with Crippen LogP contribution in [0, 0.1) is 6.92 Å². The molecule has 0 aromatic heterocycles. The number of hydrogen-bond acceptors (Lipinski definition) is 3. The molecule has 0 saturated heterocycles. The average Bonchev–Trinajstić information content (AvgIpc) is 2.51. The van der Waals surface area contributed by atoms with E-state index in [0.717, 1.165) is 15.6 Å². The first-order valence-corrected chi connectivity index (χ1v) is 8.53. The quantitative estimate of drug-likeness (QED) is 0.444. The summed E-state index contributed by atoms with van der Waals surface area (Å²) < 4.78 is 11.9. The van der Waals surface area contributed by atoms with Gasteiger partial charge in [-0.15, -0.1) is 0 Å². The summed E-state index contributed by atoms with van der Waals surface area (Å²) in [5.41, 5.74) is 1.60. The van der Waals surface area contributed by atoms with Crippen molar-refractivity contribution in [3.63, 3.8) is 0 Å². The van der Waals surface area contributed by atoms with Crippen molar-refractivity contribution < 1.29 is 14.3 Å². The molecule has 0 saturated carbocycles. The topological polar surface area (TPSA) is 35.5 Å². The zero-order valence-corrected chi connectivity index (χ0v) is 15.8. The lowest BCUT2D eigenvalue weighted by Crippen LogP contribution is -2.09. The molecule has 0 unspecified atom stereocenters. The molecule has 0 aliphatic heterocycles. The second-order valence-corrected chi connectivity index (χ2v) is 6.53. The van der Waals surface area contributed by atoms with Crippen LogP contribution in [0.1, 0.15) is 24.5 Å². The van der Waals surface area contributed by atoms with Gasteiger partial charge < -0.3 is 9.47 Å². The SMILES string of the molecule is CCC(=O)Oc1cccc(Br)c1COc1cc(Cl)c(C)cc1Cl.